The van der Waals surface area contributed by atoms with Crippen LogP contribution in [-0.2, 0) is 0 Å². The maximum absolute atomic E-state index is 12.2. The van der Waals surface area contributed by atoms with Crippen molar-refractivity contribution in [1.29, 1.82) is 0 Å². The van der Waals surface area contributed by atoms with Gasteiger partial charge in [-0.15, -0.1) is 11.3 Å². The van der Waals surface area contributed by atoms with E-state index in [0.29, 0.717) is 11.5 Å². The number of carbonyl (C=O) groups is 1. The molecule has 1 aromatic carbocycles. The number of hydrogen-bond acceptors (Lipinski definition) is 4. The van der Waals surface area contributed by atoms with Crippen LogP contribution in [0.1, 0.15) is 36.3 Å². The minimum absolute atomic E-state index is 0.0413. The van der Waals surface area contributed by atoms with E-state index in [-0.39, 0.29) is 18.6 Å². The lowest BCUT2D eigenvalue weighted by molar-refractivity contribution is 0.0908. The predicted molar refractivity (Wildman–Crippen MR) is 90.1 cm³/mol. The van der Waals surface area contributed by atoms with Gasteiger partial charge in [0.2, 0.25) is 0 Å². The van der Waals surface area contributed by atoms with Gasteiger partial charge >= 0.3 is 0 Å². The summed E-state index contributed by atoms with van der Waals surface area (Å²) in [5.74, 6) is 0.273. The molecule has 1 unspecified atom stereocenters. The number of nitrogens with one attached hydrogen (secondary N) is 1. The third kappa shape index (κ3) is 4.39. The molecule has 0 aliphatic rings. The quantitative estimate of drug-likeness (QED) is 0.859. The molecule has 2 aromatic rings. The summed E-state index contributed by atoms with van der Waals surface area (Å²) in [5, 5.41) is 15.2. The number of rotatable bonds is 6. The first-order chi connectivity index (χ1) is 10.5. The SMILES string of the molecule is Cc1csc(-c2ccc(C(=O)NC(CO)CC(C)C)cc2)n1. The van der Waals surface area contributed by atoms with Gasteiger partial charge in [-0.3, -0.25) is 4.79 Å². The molecule has 1 amide bonds. The van der Waals surface area contributed by atoms with Crippen molar-refractivity contribution < 1.29 is 9.90 Å². The number of aliphatic hydroxyl groups is 1. The number of aryl methyl sites for hydroxylation is 1. The Bertz CT molecular complexity index is 620. The maximum atomic E-state index is 12.2. The first kappa shape index (κ1) is 16.6. The fourth-order valence-corrected chi connectivity index (χ4v) is 3.07. The van der Waals surface area contributed by atoms with Crippen LogP contribution in [0, 0.1) is 12.8 Å². The average molecular weight is 318 g/mol. The van der Waals surface area contributed by atoms with E-state index < -0.39 is 0 Å². The highest BCUT2D eigenvalue weighted by atomic mass is 32.1. The Morgan fingerprint density at radius 3 is 2.50 bits per heavy atom. The molecule has 0 spiro atoms. The van der Waals surface area contributed by atoms with Gasteiger partial charge < -0.3 is 10.4 Å². The van der Waals surface area contributed by atoms with Gasteiger partial charge in [0.05, 0.1) is 12.6 Å². The third-order valence-corrected chi connectivity index (χ3v) is 4.33. The van der Waals surface area contributed by atoms with E-state index in [4.69, 9.17) is 0 Å². The van der Waals surface area contributed by atoms with E-state index in [0.717, 1.165) is 22.7 Å². The molecule has 4 nitrogen and oxygen atoms in total. The summed E-state index contributed by atoms with van der Waals surface area (Å²) in [5.41, 5.74) is 2.61. The van der Waals surface area contributed by atoms with Crippen LogP contribution in [-0.4, -0.2) is 28.6 Å². The van der Waals surface area contributed by atoms with Crippen molar-refractivity contribution in [3.05, 3.63) is 40.9 Å². The molecular weight excluding hydrogens is 296 g/mol. The number of nitrogens with zero attached hydrogens (tertiary/aromatic N) is 1. The Morgan fingerprint density at radius 2 is 2.00 bits per heavy atom. The van der Waals surface area contributed by atoms with Crippen LogP contribution in [0.4, 0.5) is 0 Å². The van der Waals surface area contributed by atoms with Gasteiger partial charge in [-0.05, 0) is 31.4 Å². The van der Waals surface area contributed by atoms with Crippen LogP contribution in [0.25, 0.3) is 10.6 Å². The Hall–Kier alpha value is -1.72. The molecule has 0 bridgehead atoms. The molecule has 2 N–H and O–H groups in total. The predicted octanol–water partition coefficient (Wildman–Crippen LogP) is 3.26. The number of carbonyl (C=O) groups excluding carboxylic acids is 1. The summed E-state index contributed by atoms with van der Waals surface area (Å²) in [4.78, 5) is 16.6. The van der Waals surface area contributed by atoms with Gasteiger partial charge in [0.15, 0.2) is 0 Å². The van der Waals surface area contributed by atoms with Crippen LogP contribution in [0.15, 0.2) is 29.6 Å². The summed E-state index contributed by atoms with van der Waals surface area (Å²) in [6.07, 6.45) is 0.763. The smallest absolute Gasteiger partial charge is 0.251 e. The lowest BCUT2D eigenvalue weighted by Crippen LogP contribution is -2.38. The second kappa shape index (κ2) is 7.51. The van der Waals surface area contributed by atoms with Crippen molar-refractivity contribution in [2.24, 2.45) is 5.92 Å². The fraction of sp³-hybridized carbons (Fsp3) is 0.412. The number of benzene rings is 1. The Morgan fingerprint density at radius 1 is 1.32 bits per heavy atom. The van der Waals surface area contributed by atoms with Crippen molar-refractivity contribution in [2.75, 3.05) is 6.61 Å². The highest BCUT2D eigenvalue weighted by Crippen LogP contribution is 2.23. The standard InChI is InChI=1S/C17H22N2O2S/c1-11(2)8-15(9-20)19-16(21)13-4-6-14(7-5-13)17-18-12(3)10-22-17/h4-7,10-11,15,20H,8-9H2,1-3H3,(H,19,21). The first-order valence-corrected chi connectivity index (χ1v) is 8.32. The number of hydrogen-bond donors (Lipinski definition) is 2. The second-order valence-corrected chi connectivity index (χ2v) is 6.71. The second-order valence-electron chi connectivity index (χ2n) is 5.85. The van der Waals surface area contributed by atoms with Crippen LogP contribution in [0.3, 0.4) is 0 Å². The van der Waals surface area contributed by atoms with Crippen LogP contribution in [0.2, 0.25) is 0 Å². The van der Waals surface area contributed by atoms with Gasteiger partial charge in [0, 0.05) is 22.2 Å². The van der Waals surface area contributed by atoms with Crippen LogP contribution in [0.5, 0.6) is 0 Å². The highest BCUT2D eigenvalue weighted by molar-refractivity contribution is 7.13. The molecule has 2 rings (SSSR count). The topological polar surface area (TPSA) is 62.2 Å². The lowest BCUT2D eigenvalue weighted by Gasteiger charge is -2.18. The Kier molecular flexibility index (Phi) is 5.69. The third-order valence-electron chi connectivity index (χ3n) is 3.32. The number of aromatic nitrogens is 1. The van der Waals surface area contributed by atoms with Crippen LogP contribution < -0.4 is 5.32 Å². The normalized spacial score (nSPS) is 12.4. The Balaban J connectivity index is 2.04. The molecule has 1 atom stereocenters. The highest BCUT2D eigenvalue weighted by Gasteiger charge is 2.14. The summed E-state index contributed by atoms with van der Waals surface area (Å²) >= 11 is 1.59. The van der Waals surface area contributed by atoms with Crippen molar-refractivity contribution in [1.82, 2.24) is 10.3 Å². The number of thiazole rings is 1. The van der Waals surface area contributed by atoms with Gasteiger partial charge in [0.25, 0.3) is 5.91 Å². The molecule has 0 fully saturated rings. The van der Waals surface area contributed by atoms with Gasteiger partial charge in [0.1, 0.15) is 5.01 Å². The zero-order valence-corrected chi connectivity index (χ0v) is 14.0. The summed E-state index contributed by atoms with van der Waals surface area (Å²) < 4.78 is 0. The zero-order chi connectivity index (χ0) is 16.1. The molecule has 0 aliphatic carbocycles. The summed E-state index contributed by atoms with van der Waals surface area (Å²) in [6, 6.07) is 7.21. The number of aliphatic hydroxyl groups excluding tert-OH is 1. The van der Waals surface area contributed by atoms with E-state index in [1.165, 1.54) is 0 Å². The lowest BCUT2D eigenvalue weighted by atomic mass is 10.0. The van der Waals surface area contributed by atoms with E-state index in [1.807, 2.05) is 24.4 Å². The first-order valence-electron chi connectivity index (χ1n) is 7.44. The number of amides is 1. The molecule has 1 aromatic heterocycles. The molecule has 0 aliphatic heterocycles. The maximum Gasteiger partial charge on any atom is 0.251 e. The largest absolute Gasteiger partial charge is 0.394 e. The van der Waals surface area contributed by atoms with E-state index in [2.05, 4.69) is 24.1 Å². The van der Waals surface area contributed by atoms with Gasteiger partial charge in [-0.2, -0.15) is 0 Å². The van der Waals surface area contributed by atoms with Crippen molar-refractivity contribution >= 4 is 17.2 Å². The summed E-state index contributed by atoms with van der Waals surface area (Å²) in [7, 11) is 0. The van der Waals surface area contributed by atoms with Crippen molar-refractivity contribution in [3.63, 3.8) is 0 Å². The zero-order valence-electron chi connectivity index (χ0n) is 13.2. The Labute approximate surface area is 135 Å². The fourth-order valence-electron chi connectivity index (χ4n) is 2.27. The van der Waals surface area contributed by atoms with Gasteiger partial charge in [-0.25, -0.2) is 4.98 Å². The molecule has 5 heteroatoms. The van der Waals surface area contributed by atoms with E-state index >= 15 is 0 Å². The van der Waals surface area contributed by atoms with Gasteiger partial charge in [-0.1, -0.05) is 26.0 Å². The molecule has 1 heterocycles. The molecule has 0 saturated heterocycles. The van der Waals surface area contributed by atoms with Crippen molar-refractivity contribution in [3.8, 4) is 10.6 Å². The summed E-state index contributed by atoms with van der Waals surface area (Å²) in [6.45, 7) is 6.06. The van der Waals surface area contributed by atoms with E-state index in [9.17, 15) is 9.90 Å². The van der Waals surface area contributed by atoms with E-state index in [1.54, 1.807) is 23.5 Å². The minimum atomic E-state index is -0.200. The monoisotopic (exact) mass is 318 g/mol. The molecule has 0 radical (unpaired) electrons. The molecular formula is C17H22N2O2S. The average Bonchev–Trinajstić information content (AvgIpc) is 2.92. The molecule has 0 saturated carbocycles. The minimum Gasteiger partial charge on any atom is -0.394 e. The molecule has 22 heavy (non-hydrogen) atoms. The van der Waals surface area contributed by atoms with Crippen LogP contribution >= 0.6 is 11.3 Å². The molecule has 118 valence electrons. The van der Waals surface area contributed by atoms with Crippen molar-refractivity contribution in [2.45, 2.75) is 33.2 Å².